The van der Waals surface area contributed by atoms with Crippen molar-refractivity contribution in [3.63, 3.8) is 0 Å². The average molecular weight is 428 g/mol. The highest BCUT2D eigenvalue weighted by Crippen LogP contribution is 2.14. The summed E-state index contributed by atoms with van der Waals surface area (Å²) in [6.07, 6.45) is 24.2. The van der Waals surface area contributed by atoms with Gasteiger partial charge in [-0.1, -0.05) is 117 Å². The van der Waals surface area contributed by atoms with Crippen LogP contribution in [-0.2, 0) is 9.53 Å². The van der Waals surface area contributed by atoms with Gasteiger partial charge in [0.15, 0.2) is 0 Å². The predicted octanol–water partition coefficient (Wildman–Crippen LogP) is 6.93. The number of carbonyl (C=O) groups excluding carboxylic acids is 1. The second-order valence-corrected chi connectivity index (χ2v) is 8.89. The van der Waals surface area contributed by atoms with Gasteiger partial charge in [0, 0.05) is 19.6 Å². The number of aliphatic hydroxyl groups is 1. The van der Waals surface area contributed by atoms with Crippen molar-refractivity contribution < 1.29 is 14.6 Å². The van der Waals surface area contributed by atoms with Crippen molar-refractivity contribution in [3.8, 4) is 0 Å². The smallest absolute Gasteiger partial charge is 0.220 e. The van der Waals surface area contributed by atoms with E-state index in [1.807, 2.05) is 6.92 Å². The van der Waals surface area contributed by atoms with Crippen LogP contribution in [-0.4, -0.2) is 36.9 Å². The van der Waals surface area contributed by atoms with Gasteiger partial charge in [-0.25, -0.2) is 0 Å². The number of carbonyl (C=O) groups is 1. The lowest BCUT2D eigenvalue weighted by atomic mass is 10.0. The molecule has 4 heteroatoms. The maximum Gasteiger partial charge on any atom is 0.220 e. The summed E-state index contributed by atoms with van der Waals surface area (Å²) in [7, 11) is 0. The Bertz CT molecular complexity index is 349. The third-order valence-electron chi connectivity index (χ3n) is 5.80. The summed E-state index contributed by atoms with van der Waals surface area (Å²) in [6, 6.07) is 0. The highest BCUT2D eigenvalue weighted by atomic mass is 16.5. The Balaban J connectivity index is 3.24. The molecule has 0 aromatic carbocycles. The van der Waals surface area contributed by atoms with Crippen LogP contribution >= 0.6 is 0 Å². The van der Waals surface area contributed by atoms with Crippen LogP contribution in [0.2, 0.25) is 0 Å². The van der Waals surface area contributed by atoms with Crippen molar-refractivity contribution in [2.45, 2.75) is 142 Å². The molecular weight excluding hydrogens is 374 g/mol. The highest BCUT2D eigenvalue weighted by molar-refractivity contribution is 5.75. The molecule has 180 valence electrons. The van der Waals surface area contributed by atoms with Gasteiger partial charge in [0.05, 0.1) is 12.7 Å². The molecule has 0 fully saturated rings. The standard InChI is InChI=1S/C26H53NO3/c1-3-5-6-7-8-9-10-11-12-13-14-15-16-17-18-19-20-21-26(29)27-23-25(24-28)30-22-4-2/h25,28H,3-24H2,1-2H3,(H,27,29). The maximum atomic E-state index is 11.8. The van der Waals surface area contributed by atoms with Gasteiger partial charge in [-0.15, -0.1) is 0 Å². The first-order valence-electron chi connectivity index (χ1n) is 13.2. The molecule has 0 spiro atoms. The topological polar surface area (TPSA) is 58.6 Å². The normalized spacial score (nSPS) is 12.2. The summed E-state index contributed by atoms with van der Waals surface area (Å²) >= 11 is 0. The van der Waals surface area contributed by atoms with Crippen LogP contribution < -0.4 is 5.32 Å². The van der Waals surface area contributed by atoms with Gasteiger partial charge in [-0.3, -0.25) is 4.79 Å². The number of aliphatic hydroxyl groups excluding tert-OH is 1. The molecule has 0 rings (SSSR count). The van der Waals surface area contributed by atoms with Crippen LogP contribution in [0.25, 0.3) is 0 Å². The minimum absolute atomic E-state index is 0.0423. The van der Waals surface area contributed by atoms with E-state index in [1.54, 1.807) is 0 Å². The van der Waals surface area contributed by atoms with Crippen LogP contribution in [0.15, 0.2) is 0 Å². The lowest BCUT2D eigenvalue weighted by Gasteiger charge is -2.15. The molecule has 0 aliphatic heterocycles. The molecule has 0 bridgehead atoms. The molecular formula is C26H53NO3. The van der Waals surface area contributed by atoms with Gasteiger partial charge in [0.1, 0.15) is 0 Å². The summed E-state index contributed by atoms with van der Waals surface area (Å²) in [6.45, 7) is 5.31. The minimum atomic E-state index is -0.274. The Hall–Kier alpha value is -0.610. The van der Waals surface area contributed by atoms with Crippen LogP contribution in [0.4, 0.5) is 0 Å². The van der Waals surface area contributed by atoms with Crippen LogP contribution in [0.1, 0.15) is 136 Å². The van der Waals surface area contributed by atoms with E-state index < -0.39 is 0 Å². The molecule has 0 aromatic heterocycles. The summed E-state index contributed by atoms with van der Waals surface area (Å²) in [5, 5.41) is 12.1. The van der Waals surface area contributed by atoms with E-state index in [0.29, 0.717) is 19.6 Å². The molecule has 0 saturated carbocycles. The molecule has 0 aliphatic carbocycles. The first-order valence-corrected chi connectivity index (χ1v) is 13.2. The number of unbranched alkanes of at least 4 members (excludes halogenated alkanes) is 16. The van der Waals surface area contributed by atoms with Gasteiger partial charge in [-0.2, -0.15) is 0 Å². The molecule has 1 amide bonds. The molecule has 0 aromatic rings. The fourth-order valence-electron chi connectivity index (χ4n) is 3.79. The molecule has 1 atom stereocenters. The fraction of sp³-hybridized carbons (Fsp3) is 0.962. The van der Waals surface area contributed by atoms with E-state index in [2.05, 4.69) is 12.2 Å². The first-order chi connectivity index (χ1) is 14.7. The van der Waals surface area contributed by atoms with Gasteiger partial charge in [0.25, 0.3) is 0 Å². The van der Waals surface area contributed by atoms with Crippen molar-refractivity contribution in [1.82, 2.24) is 5.32 Å². The maximum absolute atomic E-state index is 11.8. The van der Waals surface area contributed by atoms with Crippen molar-refractivity contribution in [1.29, 1.82) is 0 Å². The zero-order chi connectivity index (χ0) is 22.1. The lowest BCUT2D eigenvalue weighted by molar-refractivity contribution is -0.122. The molecule has 0 radical (unpaired) electrons. The minimum Gasteiger partial charge on any atom is -0.394 e. The Labute approximate surface area is 187 Å². The molecule has 30 heavy (non-hydrogen) atoms. The van der Waals surface area contributed by atoms with Crippen molar-refractivity contribution >= 4 is 5.91 Å². The van der Waals surface area contributed by atoms with E-state index in [-0.39, 0.29) is 18.6 Å². The third kappa shape index (κ3) is 22.1. The molecule has 1 unspecified atom stereocenters. The Morgan fingerprint density at radius 3 is 1.53 bits per heavy atom. The molecule has 0 saturated heterocycles. The molecule has 0 aliphatic rings. The summed E-state index contributed by atoms with van der Waals surface area (Å²) < 4.78 is 5.46. The number of amides is 1. The average Bonchev–Trinajstić information content (AvgIpc) is 2.76. The summed E-state index contributed by atoms with van der Waals surface area (Å²) in [5.74, 6) is 0.0782. The zero-order valence-corrected chi connectivity index (χ0v) is 20.4. The molecule has 0 heterocycles. The van der Waals surface area contributed by atoms with Crippen LogP contribution in [0.5, 0.6) is 0 Å². The van der Waals surface area contributed by atoms with Crippen molar-refractivity contribution in [2.24, 2.45) is 0 Å². The second-order valence-electron chi connectivity index (χ2n) is 8.89. The monoisotopic (exact) mass is 427 g/mol. The highest BCUT2D eigenvalue weighted by Gasteiger charge is 2.09. The first kappa shape index (κ1) is 29.4. The zero-order valence-electron chi connectivity index (χ0n) is 20.4. The molecule has 2 N–H and O–H groups in total. The summed E-state index contributed by atoms with van der Waals surface area (Å²) in [5.41, 5.74) is 0. The number of nitrogens with one attached hydrogen (secondary N) is 1. The summed E-state index contributed by atoms with van der Waals surface area (Å²) in [4.78, 5) is 11.8. The van der Waals surface area contributed by atoms with Gasteiger partial charge >= 0.3 is 0 Å². The van der Waals surface area contributed by atoms with E-state index >= 15 is 0 Å². The quantitative estimate of drug-likeness (QED) is 0.164. The van der Waals surface area contributed by atoms with E-state index in [9.17, 15) is 9.90 Å². The van der Waals surface area contributed by atoms with Crippen molar-refractivity contribution in [3.05, 3.63) is 0 Å². The Morgan fingerprint density at radius 1 is 0.700 bits per heavy atom. The third-order valence-corrected chi connectivity index (χ3v) is 5.80. The van der Waals surface area contributed by atoms with Gasteiger partial charge in [0.2, 0.25) is 5.91 Å². The Morgan fingerprint density at radius 2 is 1.13 bits per heavy atom. The number of hydrogen-bond acceptors (Lipinski definition) is 3. The molecule has 4 nitrogen and oxygen atoms in total. The Kier molecular flexibility index (Phi) is 24.2. The van der Waals surface area contributed by atoms with Crippen LogP contribution in [0, 0.1) is 0 Å². The van der Waals surface area contributed by atoms with Crippen molar-refractivity contribution in [2.75, 3.05) is 19.8 Å². The number of rotatable bonds is 24. The van der Waals surface area contributed by atoms with E-state index in [1.165, 1.54) is 96.3 Å². The SMILES string of the molecule is CCCCCCCCCCCCCCCCCCCC(=O)NCC(CO)OCCC. The largest absolute Gasteiger partial charge is 0.394 e. The predicted molar refractivity (Wildman–Crippen MR) is 129 cm³/mol. The van der Waals surface area contributed by atoms with Gasteiger partial charge < -0.3 is 15.2 Å². The fourth-order valence-corrected chi connectivity index (χ4v) is 3.79. The van der Waals surface area contributed by atoms with Gasteiger partial charge in [-0.05, 0) is 12.8 Å². The lowest BCUT2D eigenvalue weighted by Crippen LogP contribution is -2.35. The second kappa shape index (κ2) is 24.7. The van der Waals surface area contributed by atoms with Crippen LogP contribution in [0.3, 0.4) is 0 Å². The van der Waals surface area contributed by atoms with E-state index in [0.717, 1.165) is 19.3 Å². The number of hydrogen-bond donors (Lipinski definition) is 2. The van der Waals surface area contributed by atoms with E-state index in [4.69, 9.17) is 4.74 Å². The number of ether oxygens (including phenoxy) is 1.